The van der Waals surface area contributed by atoms with E-state index in [1.807, 2.05) is 6.92 Å². The van der Waals surface area contributed by atoms with Crippen LogP contribution in [-0.2, 0) is 5.75 Å². The Morgan fingerprint density at radius 2 is 2.17 bits per heavy atom. The van der Waals surface area contributed by atoms with E-state index in [-0.39, 0.29) is 29.6 Å². The van der Waals surface area contributed by atoms with Gasteiger partial charge in [-0.1, -0.05) is 18.5 Å². The summed E-state index contributed by atoms with van der Waals surface area (Å²) >= 11 is 7.51. The molecule has 0 amide bonds. The number of Topliss-reactive ketones (excluding diaryl/α,β-unsaturated/α-hetero) is 1. The molecule has 0 heterocycles. The van der Waals surface area contributed by atoms with E-state index in [1.54, 1.807) is 17.8 Å². The molecule has 1 atom stereocenters. The Hall–Kier alpha value is -0.710. The highest BCUT2D eigenvalue weighted by atomic mass is 35.5. The third-order valence-electron chi connectivity index (χ3n) is 2.50. The number of carbonyl (C=O) groups is 1. The Bertz CT molecular complexity index is 434. The van der Waals surface area contributed by atoms with Gasteiger partial charge >= 0.3 is 0 Å². The van der Waals surface area contributed by atoms with Crippen LogP contribution in [0, 0.1) is 5.92 Å². The molecular weight excluding hydrogens is 272 g/mol. The van der Waals surface area contributed by atoms with Gasteiger partial charge in [0.05, 0.1) is 5.56 Å². The number of hydrogen-bond acceptors (Lipinski definition) is 4. The SMILES string of the molecule is CC(=O)c1cc(Cl)cc(CSCC(C)CO)c1O. The molecule has 0 fully saturated rings. The molecule has 0 spiro atoms. The number of thioether (sulfide) groups is 1. The van der Waals surface area contributed by atoms with Crippen LogP contribution in [0.4, 0.5) is 0 Å². The van der Waals surface area contributed by atoms with Crippen LogP contribution in [0.2, 0.25) is 5.02 Å². The zero-order valence-electron chi connectivity index (χ0n) is 10.4. The first-order valence-electron chi connectivity index (χ1n) is 5.66. The molecule has 1 unspecified atom stereocenters. The Kier molecular flexibility index (Phi) is 5.99. The quantitative estimate of drug-likeness (QED) is 0.790. The van der Waals surface area contributed by atoms with Crippen LogP contribution in [-0.4, -0.2) is 28.4 Å². The molecular formula is C13H17ClO3S. The van der Waals surface area contributed by atoms with Crippen molar-refractivity contribution in [1.29, 1.82) is 0 Å². The monoisotopic (exact) mass is 288 g/mol. The molecule has 0 aliphatic carbocycles. The van der Waals surface area contributed by atoms with Crippen molar-refractivity contribution in [3.05, 3.63) is 28.3 Å². The maximum absolute atomic E-state index is 11.3. The maximum atomic E-state index is 11.3. The smallest absolute Gasteiger partial charge is 0.163 e. The Labute approximate surface area is 116 Å². The van der Waals surface area contributed by atoms with Crippen LogP contribution in [0.5, 0.6) is 5.75 Å². The van der Waals surface area contributed by atoms with Crippen LogP contribution in [0.3, 0.4) is 0 Å². The molecule has 1 rings (SSSR count). The second kappa shape index (κ2) is 7.02. The van der Waals surface area contributed by atoms with E-state index in [0.717, 1.165) is 5.75 Å². The average molecular weight is 289 g/mol. The Morgan fingerprint density at radius 3 is 2.72 bits per heavy atom. The lowest BCUT2D eigenvalue weighted by atomic mass is 10.1. The summed E-state index contributed by atoms with van der Waals surface area (Å²) < 4.78 is 0. The maximum Gasteiger partial charge on any atom is 0.163 e. The number of ketones is 1. The minimum Gasteiger partial charge on any atom is -0.507 e. The number of halogens is 1. The van der Waals surface area contributed by atoms with Crippen LogP contribution < -0.4 is 0 Å². The number of phenols is 1. The molecule has 1 aromatic carbocycles. The zero-order chi connectivity index (χ0) is 13.7. The average Bonchev–Trinajstić information content (AvgIpc) is 2.32. The molecule has 5 heteroatoms. The molecule has 0 saturated carbocycles. The van der Waals surface area contributed by atoms with Gasteiger partial charge in [0.15, 0.2) is 5.78 Å². The highest BCUT2D eigenvalue weighted by Crippen LogP contribution is 2.30. The van der Waals surface area contributed by atoms with E-state index in [1.165, 1.54) is 13.0 Å². The number of benzene rings is 1. The van der Waals surface area contributed by atoms with Gasteiger partial charge in [-0.2, -0.15) is 11.8 Å². The number of aromatic hydroxyl groups is 1. The third-order valence-corrected chi connectivity index (χ3v) is 4.04. The normalized spacial score (nSPS) is 12.4. The Balaban J connectivity index is 2.79. The largest absolute Gasteiger partial charge is 0.507 e. The molecule has 100 valence electrons. The topological polar surface area (TPSA) is 57.5 Å². The van der Waals surface area contributed by atoms with Gasteiger partial charge in [-0.05, 0) is 30.7 Å². The molecule has 3 nitrogen and oxygen atoms in total. The molecule has 0 bridgehead atoms. The molecule has 2 N–H and O–H groups in total. The fourth-order valence-electron chi connectivity index (χ4n) is 1.46. The Morgan fingerprint density at radius 1 is 1.50 bits per heavy atom. The fourth-order valence-corrected chi connectivity index (χ4v) is 2.76. The van der Waals surface area contributed by atoms with Crippen molar-refractivity contribution < 1.29 is 15.0 Å². The van der Waals surface area contributed by atoms with Gasteiger partial charge in [0, 0.05) is 22.9 Å². The van der Waals surface area contributed by atoms with Gasteiger partial charge in [-0.25, -0.2) is 0 Å². The van der Waals surface area contributed by atoms with Crippen molar-refractivity contribution in [2.24, 2.45) is 5.92 Å². The fraction of sp³-hybridized carbons (Fsp3) is 0.462. The van der Waals surface area contributed by atoms with Crippen LogP contribution in [0.1, 0.15) is 29.8 Å². The second-order valence-corrected chi connectivity index (χ2v) is 5.79. The van der Waals surface area contributed by atoms with Crippen LogP contribution >= 0.6 is 23.4 Å². The molecule has 0 aliphatic rings. The molecule has 0 radical (unpaired) electrons. The summed E-state index contributed by atoms with van der Waals surface area (Å²) in [5.41, 5.74) is 0.913. The number of phenolic OH excluding ortho intramolecular Hbond substituents is 1. The minimum atomic E-state index is -0.204. The van der Waals surface area contributed by atoms with Crippen molar-refractivity contribution in [2.45, 2.75) is 19.6 Å². The van der Waals surface area contributed by atoms with Crippen LogP contribution in [0.25, 0.3) is 0 Å². The van der Waals surface area contributed by atoms with Crippen molar-refractivity contribution in [2.75, 3.05) is 12.4 Å². The van der Waals surface area contributed by atoms with E-state index in [9.17, 15) is 9.90 Å². The lowest BCUT2D eigenvalue weighted by Gasteiger charge is -2.10. The standard InChI is InChI=1S/C13H17ClO3S/c1-8(5-15)6-18-7-10-3-11(14)4-12(9(2)16)13(10)17/h3-4,8,15,17H,5-7H2,1-2H3. The van der Waals surface area contributed by atoms with Gasteiger partial charge < -0.3 is 10.2 Å². The zero-order valence-corrected chi connectivity index (χ0v) is 12.0. The summed E-state index contributed by atoms with van der Waals surface area (Å²) in [6.07, 6.45) is 0. The van der Waals surface area contributed by atoms with Gasteiger partial charge in [0.25, 0.3) is 0 Å². The summed E-state index contributed by atoms with van der Waals surface area (Å²) in [6, 6.07) is 3.14. The molecule has 0 aliphatic heterocycles. The predicted octanol–water partition coefficient (Wildman–Crippen LogP) is 3.11. The van der Waals surface area contributed by atoms with E-state index in [4.69, 9.17) is 16.7 Å². The third kappa shape index (κ3) is 4.19. The molecule has 0 saturated heterocycles. The van der Waals surface area contributed by atoms with Crippen molar-refractivity contribution in [1.82, 2.24) is 0 Å². The lowest BCUT2D eigenvalue weighted by Crippen LogP contribution is -2.04. The second-order valence-electron chi connectivity index (χ2n) is 4.32. The van der Waals surface area contributed by atoms with Crippen molar-refractivity contribution >= 4 is 29.1 Å². The first kappa shape index (κ1) is 15.3. The number of rotatable bonds is 6. The summed E-state index contributed by atoms with van der Waals surface area (Å²) in [5.74, 6) is 1.37. The highest BCUT2D eigenvalue weighted by Gasteiger charge is 2.13. The van der Waals surface area contributed by atoms with Crippen LogP contribution in [0.15, 0.2) is 12.1 Å². The lowest BCUT2D eigenvalue weighted by molar-refractivity contribution is 0.101. The summed E-state index contributed by atoms with van der Waals surface area (Å²) in [4.78, 5) is 11.3. The number of carbonyl (C=O) groups excluding carboxylic acids is 1. The molecule has 1 aromatic rings. The van der Waals surface area contributed by atoms with E-state index >= 15 is 0 Å². The van der Waals surface area contributed by atoms with Gasteiger partial charge in [-0.3, -0.25) is 4.79 Å². The van der Waals surface area contributed by atoms with Crippen molar-refractivity contribution in [3.8, 4) is 5.75 Å². The summed E-state index contributed by atoms with van der Waals surface area (Å²) in [5, 5.41) is 19.3. The highest BCUT2D eigenvalue weighted by molar-refractivity contribution is 7.98. The first-order chi connectivity index (χ1) is 8.45. The van der Waals surface area contributed by atoms with Gasteiger partial charge in [-0.15, -0.1) is 0 Å². The van der Waals surface area contributed by atoms with E-state index in [2.05, 4.69) is 0 Å². The molecule has 18 heavy (non-hydrogen) atoms. The predicted molar refractivity (Wildman–Crippen MR) is 75.5 cm³/mol. The number of hydrogen-bond donors (Lipinski definition) is 2. The first-order valence-corrected chi connectivity index (χ1v) is 7.20. The van der Waals surface area contributed by atoms with E-state index < -0.39 is 0 Å². The number of aliphatic hydroxyl groups is 1. The molecule has 0 aromatic heterocycles. The summed E-state index contributed by atoms with van der Waals surface area (Å²) in [6.45, 7) is 3.50. The number of aliphatic hydroxyl groups excluding tert-OH is 1. The van der Waals surface area contributed by atoms with Gasteiger partial charge in [0.1, 0.15) is 5.75 Å². The summed E-state index contributed by atoms with van der Waals surface area (Å²) in [7, 11) is 0. The minimum absolute atomic E-state index is 0.0102. The van der Waals surface area contributed by atoms with Crippen molar-refractivity contribution in [3.63, 3.8) is 0 Å². The van der Waals surface area contributed by atoms with Gasteiger partial charge in [0.2, 0.25) is 0 Å². The van der Waals surface area contributed by atoms with E-state index in [0.29, 0.717) is 16.3 Å².